The maximum atomic E-state index is 13.3. The van der Waals surface area contributed by atoms with Crippen molar-refractivity contribution in [3.05, 3.63) is 17.9 Å². The molecule has 0 amide bonds. The van der Waals surface area contributed by atoms with Gasteiger partial charge >= 0.3 is 0 Å². The fraction of sp³-hybridized carbons (Fsp3) is 0.400. The molecule has 0 unspecified atom stereocenters. The first-order valence-electron chi connectivity index (χ1n) is 4.75. The third kappa shape index (κ3) is 2.99. The van der Waals surface area contributed by atoms with Crippen LogP contribution >= 0.6 is 0 Å². The molecule has 0 aliphatic heterocycles. The number of nitrogen functional groups attached to an aromatic ring is 1. The van der Waals surface area contributed by atoms with Gasteiger partial charge in [-0.1, -0.05) is 0 Å². The second kappa shape index (κ2) is 5.41. The number of benzene rings is 1. The number of ether oxygens (including phenoxy) is 1. The Bertz CT molecular complexity index is 331. The van der Waals surface area contributed by atoms with E-state index in [-0.39, 0.29) is 12.4 Å². The fourth-order valence-electron chi connectivity index (χ4n) is 1.18. The standard InChI is InChI=1S/C10H15FN2O2/c1-2-15-10-6-9(13-3-4-14)8(12)5-7(10)11/h5-6,13-14H,2-4,12H2,1H3. The molecule has 84 valence electrons. The quantitative estimate of drug-likeness (QED) is 0.644. The van der Waals surface area contributed by atoms with Gasteiger partial charge in [-0.15, -0.1) is 0 Å². The number of halogens is 1. The van der Waals surface area contributed by atoms with Crippen molar-refractivity contribution in [1.29, 1.82) is 0 Å². The molecule has 1 rings (SSSR count). The molecular weight excluding hydrogens is 199 g/mol. The Hall–Kier alpha value is -1.49. The highest BCUT2D eigenvalue weighted by Gasteiger charge is 2.08. The van der Waals surface area contributed by atoms with E-state index in [1.165, 1.54) is 12.1 Å². The largest absolute Gasteiger partial charge is 0.491 e. The Balaban J connectivity index is 2.90. The van der Waals surface area contributed by atoms with Gasteiger partial charge in [0.25, 0.3) is 0 Å². The minimum absolute atomic E-state index is 0.0131. The average molecular weight is 214 g/mol. The summed E-state index contributed by atoms with van der Waals surface area (Å²) in [5.74, 6) is -0.323. The number of aliphatic hydroxyl groups is 1. The van der Waals surface area contributed by atoms with Crippen LogP contribution in [0.1, 0.15) is 6.92 Å². The molecule has 0 aliphatic carbocycles. The molecule has 0 saturated heterocycles. The third-order valence-corrected chi connectivity index (χ3v) is 1.83. The lowest BCUT2D eigenvalue weighted by Crippen LogP contribution is -2.08. The van der Waals surface area contributed by atoms with Crippen LogP contribution in [0.4, 0.5) is 15.8 Å². The molecule has 0 spiro atoms. The highest BCUT2D eigenvalue weighted by atomic mass is 19.1. The van der Waals surface area contributed by atoms with Crippen LogP contribution in [-0.2, 0) is 0 Å². The zero-order chi connectivity index (χ0) is 11.3. The van der Waals surface area contributed by atoms with Crippen molar-refractivity contribution < 1.29 is 14.2 Å². The zero-order valence-electron chi connectivity index (χ0n) is 8.59. The van der Waals surface area contributed by atoms with Gasteiger partial charge in [0.15, 0.2) is 11.6 Å². The lowest BCUT2D eigenvalue weighted by atomic mass is 10.2. The molecule has 0 aromatic heterocycles. The molecule has 5 heteroatoms. The summed E-state index contributed by atoms with van der Waals surface area (Å²) in [6.45, 7) is 2.51. The lowest BCUT2D eigenvalue weighted by molar-refractivity contribution is 0.310. The van der Waals surface area contributed by atoms with Crippen LogP contribution in [0.2, 0.25) is 0 Å². The molecule has 0 heterocycles. The molecule has 0 bridgehead atoms. The minimum atomic E-state index is -0.483. The molecule has 15 heavy (non-hydrogen) atoms. The Labute approximate surface area is 87.9 Å². The minimum Gasteiger partial charge on any atom is -0.491 e. The Morgan fingerprint density at radius 1 is 1.53 bits per heavy atom. The van der Waals surface area contributed by atoms with Crippen LogP contribution in [0.25, 0.3) is 0 Å². The topological polar surface area (TPSA) is 67.5 Å². The number of nitrogens with one attached hydrogen (secondary N) is 1. The smallest absolute Gasteiger partial charge is 0.167 e. The molecule has 0 aliphatic rings. The van der Waals surface area contributed by atoms with Gasteiger partial charge in [0, 0.05) is 18.7 Å². The first-order valence-corrected chi connectivity index (χ1v) is 4.75. The second-order valence-corrected chi connectivity index (χ2v) is 2.95. The van der Waals surface area contributed by atoms with E-state index in [9.17, 15) is 4.39 Å². The summed E-state index contributed by atoms with van der Waals surface area (Å²) in [6, 6.07) is 2.69. The Kier molecular flexibility index (Phi) is 4.17. The summed E-state index contributed by atoms with van der Waals surface area (Å²) in [5, 5.41) is 11.5. The van der Waals surface area contributed by atoms with Crippen molar-refractivity contribution in [2.75, 3.05) is 30.8 Å². The van der Waals surface area contributed by atoms with Gasteiger partial charge in [0.05, 0.1) is 24.6 Å². The van der Waals surface area contributed by atoms with Gasteiger partial charge in [-0.25, -0.2) is 4.39 Å². The van der Waals surface area contributed by atoms with Gasteiger partial charge in [0.2, 0.25) is 0 Å². The highest BCUT2D eigenvalue weighted by Crippen LogP contribution is 2.27. The Morgan fingerprint density at radius 2 is 2.27 bits per heavy atom. The predicted molar refractivity (Wildman–Crippen MR) is 57.6 cm³/mol. The lowest BCUT2D eigenvalue weighted by Gasteiger charge is -2.11. The van der Waals surface area contributed by atoms with Crippen LogP contribution in [0.15, 0.2) is 12.1 Å². The molecule has 0 fully saturated rings. The SMILES string of the molecule is CCOc1cc(NCCO)c(N)cc1F. The first kappa shape index (κ1) is 11.6. The molecule has 4 nitrogen and oxygen atoms in total. The molecule has 0 atom stereocenters. The number of aliphatic hydroxyl groups excluding tert-OH is 1. The van der Waals surface area contributed by atoms with Crippen LogP contribution < -0.4 is 15.8 Å². The van der Waals surface area contributed by atoms with Crippen molar-refractivity contribution in [2.45, 2.75) is 6.92 Å². The van der Waals surface area contributed by atoms with Crippen molar-refractivity contribution in [3.8, 4) is 5.75 Å². The molecular formula is C10H15FN2O2. The molecule has 1 aromatic carbocycles. The first-order chi connectivity index (χ1) is 7.19. The summed E-state index contributed by atoms with van der Waals surface area (Å²) in [4.78, 5) is 0. The van der Waals surface area contributed by atoms with E-state index in [2.05, 4.69) is 5.32 Å². The second-order valence-electron chi connectivity index (χ2n) is 2.95. The van der Waals surface area contributed by atoms with E-state index >= 15 is 0 Å². The van der Waals surface area contributed by atoms with Gasteiger partial charge < -0.3 is 20.9 Å². The van der Waals surface area contributed by atoms with Crippen LogP contribution in [-0.4, -0.2) is 24.9 Å². The van der Waals surface area contributed by atoms with E-state index < -0.39 is 5.82 Å². The number of nitrogens with two attached hydrogens (primary N) is 1. The van der Waals surface area contributed by atoms with Crippen molar-refractivity contribution in [3.63, 3.8) is 0 Å². The maximum absolute atomic E-state index is 13.3. The normalized spacial score (nSPS) is 10.1. The number of hydrogen-bond donors (Lipinski definition) is 3. The van der Waals surface area contributed by atoms with E-state index in [1.54, 1.807) is 6.92 Å². The summed E-state index contributed by atoms with van der Waals surface area (Å²) < 4.78 is 18.3. The predicted octanol–water partition coefficient (Wildman–Crippen LogP) is 1.21. The van der Waals surface area contributed by atoms with E-state index in [4.69, 9.17) is 15.6 Å². The number of anilines is 2. The van der Waals surface area contributed by atoms with Gasteiger partial charge in [-0.3, -0.25) is 0 Å². The summed E-state index contributed by atoms with van der Waals surface area (Å²) in [5.41, 5.74) is 6.45. The van der Waals surface area contributed by atoms with Crippen molar-refractivity contribution in [2.24, 2.45) is 0 Å². The van der Waals surface area contributed by atoms with Crippen LogP contribution in [0.3, 0.4) is 0 Å². The molecule has 4 N–H and O–H groups in total. The van der Waals surface area contributed by atoms with Gasteiger partial charge in [-0.2, -0.15) is 0 Å². The van der Waals surface area contributed by atoms with Crippen molar-refractivity contribution >= 4 is 11.4 Å². The third-order valence-electron chi connectivity index (χ3n) is 1.83. The number of rotatable bonds is 5. The Morgan fingerprint density at radius 3 is 2.87 bits per heavy atom. The van der Waals surface area contributed by atoms with Crippen LogP contribution in [0.5, 0.6) is 5.75 Å². The highest BCUT2D eigenvalue weighted by molar-refractivity contribution is 5.68. The monoisotopic (exact) mass is 214 g/mol. The summed E-state index contributed by atoms with van der Waals surface area (Å²) in [7, 11) is 0. The van der Waals surface area contributed by atoms with Crippen molar-refractivity contribution in [1.82, 2.24) is 0 Å². The number of hydrogen-bond acceptors (Lipinski definition) is 4. The van der Waals surface area contributed by atoms with Crippen LogP contribution in [0, 0.1) is 5.82 Å². The summed E-state index contributed by atoms with van der Waals surface area (Å²) >= 11 is 0. The van der Waals surface area contributed by atoms with E-state index in [0.717, 1.165) is 0 Å². The van der Waals surface area contributed by atoms with Gasteiger partial charge in [-0.05, 0) is 6.92 Å². The molecule has 1 aromatic rings. The van der Waals surface area contributed by atoms with Gasteiger partial charge in [0.1, 0.15) is 0 Å². The van der Waals surface area contributed by atoms with E-state index in [1.807, 2.05) is 0 Å². The maximum Gasteiger partial charge on any atom is 0.167 e. The van der Waals surface area contributed by atoms with E-state index in [0.29, 0.717) is 24.5 Å². The average Bonchev–Trinajstić information content (AvgIpc) is 2.20. The summed E-state index contributed by atoms with van der Waals surface area (Å²) in [6.07, 6.45) is 0. The fourth-order valence-corrected chi connectivity index (χ4v) is 1.18. The molecule has 0 radical (unpaired) electrons. The molecule has 0 saturated carbocycles. The zero-order valence-corrected chi connectivity index (χ0v) is 8.59.